The van der Waals surface area contributed by atoms with Crippen molar-refractivity contribution >= 4 is 28.3 Å². The molecular formula is C26H25ClN4O2. The van der Waals surface area contributed by atoms with Crippen LogP contribution in [0.2, 0.25) is 5.02 Å². The maximum absolute atomic E-state index is 12.9. The third-order valence-corrected chi connectivity index (χ3v) is 6.31. The molecule has 33 heavy (non-hydrogen) atoms. The fourth-order valence-electron chi connectivity index (χ4n) is 3.92. The number of hydrogen-bond acceptors (Lipinski definition) is 5. The van der Waals surface area contributed by atoms with Crippen LogP contribution in [0.5, 0.6) is 5.75 Å². The van der Waals surface area contributed by atoms with Crippen molar-refractivity contribution in [2.24, 2.45) is 5.92 Å². The van der Waals surface area contributed by atoms with Crippen molar-refractivity contribution in [3.8, 4) is 16.9 Å². The minimum absolute atomic E-state index is 0.154. The number of pyridine rings is 3. The van der Waals surface area contributed by atoms with E-state index in [1.54, 1.807) is 12.4 Å². The molecule has 1 saturated carbocycles. The quantitative estimate of drug-likeness (QED) is 0.358. The summed E-state index contributed by atoms with van der Waals surface area (Å²) in [7, 11) is 0. The van der Waals surface area contributed by atoms with Crippen LogP contribution < -0.4 is 15.6 Å². The lowest BCUT2D eigenvalue weighted by Gasteiger charge is -2.16. The Hall–Kier alpha value is -3.38. The second-order valence-corrected chi connectivity index (χ2v) is 9.07. The van der Waals surface area contributed by atoms with Crippen LogP contribution in [0.1, 0.15) is 36.9 Å². The highest BCUT2D eigenvalue weighted by atomic mass is 35.5. The predicted molar refractivity (Wildman–Crippen MR) is 132 cm³/mol. The van der Waals surface area contributed by atoms with E-state index >= 15 is 0 Å². The zero-order valence-electron chi connectivity index (χ0n) is 18.6. The first kappa shape index (κ1) is 21.5. The van der Waals surface area contributed by atoms with Crippen molar-refractivity contribution in [2.45, 2.75) is 32.7 Å². The number of aromatic nitrogens is 3. The zero-order valence-corrected chi connectivity index (χ0v) is 19.3. The third-order valence-electron chi connectivity index (χ3n) is 6.02. The second kappa shape index (κ2) is 8.87. The Morgan fingerprint density at radius 2 is 2.06 bits per heavy atom. The molecule has 4 aromatic rings. The van der Waals surface area contributed by atoms with Crippen molar-refractivity contribution in [3.05, 3.63) is 81.5 Å². The monoisotopic (exact) mass is 460 g/mol. The lowest BCUT2D eigenvalue weighted by Crippen LogP contribution is -2.19. The fraction of sp³-hybridized carbons (Fsp3) is 0.269. The van der Waals surface area contributed by atoms with Crippen LogP contribution in [0, 0.1) is 12.8 Å². The highest BCUT2D eigenvalue weighted by molar-refractivity contribution is 6.32. The van der Waals surface area contributed by atoms with Gasteiger partial charge in [-0.1, -0.05) is 11.6 Å². The molecule has 0 saturated heterocycles. The number of nitrogens with zero attached hydrogens (tertiary/aromatic N) is 2. The molecule has 0 aliphatic heterocycles. The van der Waals surface area contributed by atoms with E-state index in [1.165, 1.54) is 12.8 Å². The van der Waals surface area contributed by atoms with Crippen LogP contribution in [0.4, 0.5) is 5.82 Å². The zero-order chi connectivity index (χ0) is 22.9. The van der Waals surface area contributed by atoms with Crippen molar-refractivity contribution in [1.82, 2.24) is 15.0 Å². The molecule has 1 aliphatic rings. The van der Waals surface area contributed by atoms with Gasteiger partial charge in [-0.05, 0) is 79.6 Å². The smallest absolute Gasteiger partial charge is 0.253 e. The van der Waals surface area contributed by atoms with Crippen LogP contribution in [0.3, 0.4) is 0 Å². The van der Waals surface area contributed by atoms with Gasteiger partial charge in [0, 0.05) is 35.6 Å². The predicted octanol–water partition coefficient (Wildman–Crippen LogP) is 5.91. The maximum Gasteiger partial charge on any atom is 0.253 e. The van der Waals surface area contributed by atoms with Crippen molar-refractivity contribution in [1.29, 1.82) is 0 Å². The Bertz CT molecular complexity index is 1380. The molecule has 5 rings (SSSR count). The number of hydrogen-bond donors (Lipinski definition) is 2. The van der Waals surface area contributed by atoms with E-state index in [0.717, 1.165) is 22.1 Å². The molecule has 1 fully saturated rings. The summed E-state index contributed by atoms with van der Waals surface area (Å²) in [6, 6.07) is 11.2. The van der Waals surface area contributed by atoms with Gasteiger partial charge in [0.2, 0.25) is 0 Å². The van der Waals surface area contributed by atoms with Gasteiger partial charge in [0.15, 0.2) is 0 Å². The van der Waals surface area contributed by atoms with Gasteiger partial charge in [0.1, 0.15) is 11.6 Å². The van der Waals surface area contributed by atoms with Gasteiger partial charge in [-0.15, -0.1) is 0 Å². The summed E-state index contributed by atoms with van der Waals surface area (Å²) in [4.78, 5) is 24.5. The van der Waals surface area contributed by atoms with E-state index in [1.807, 2.05) is 56.4 Å². The van der Waals surface area contributed by atoms with Crippen LogP contribution in [0.25, 0.3) is 22.0 Å². The van der Waals surface area contributed by atoms with E-state index < -0.39 is 0 Å². The van der Waals surface area contributed by atoms with Gasteiger partial charge in [0.25, 0.3) is 5.56 Å². The first-order valence-electron chi connectivity index (χ1n) is 11.1. The van der Waals surface area contributed by atoms with Crippen LogP contribution in [-0.4, -0.2) is 21.6 Å². The molecule has 0 radical (unpaired) electrons. The summed E-state index contributed by atoms with van der Waals surface area (Å²) in [5.74, 6) is 1.93. The highest BCUT2D eigenvalue weighted by Crippen LogP contribution is 2.34. The van der Waals surface area contributed by atoms with E-state index in [-0.39, 0.29) is 11.6 Å². The average molecular weight is 461 g/mol. The molecule has 1 aliphatic carbocycles. The van der Waals surface area contributed by atoms with E-state index in [9.17, 15) is 4.79 Å². The molecule has 7 heteroatoms. The largest absolute Gasteiger partial charge is 0.492 e. The number of fused-ring (bicyclic) bond motifs is 1. The number of rotatable bonds is 7. The van der Waals surface area contributed by atoms with Gasteiger partial charge >= 0.3 is 0 Å². The molecule has 1 aromatic carbocycles. The number of aryl methyl sites for hydroxylation is 1. The molecule has 3 heterocycles. The summed E-state index contributed by atoms with van der Waals surface area (Å²) >= 11 is 6.45. The van der Waals surface area contributed by atoms with Gasteiger partial charge in [0.05, 0.1) is 23.2 Å². The second-order valence-electron chi connectivity index (χ2n) is 8.66. The standard InChI is InChI=1S/C26H25ClN4O2/c1-15-13-28-7-6-20(15)18-5-8-29-25(11-18)30-16(2)21-9-19-10-22(27)24(33-14-17-3-4-17)12-23(19)31-26(21)32/h5-13,16-17H,3-4,14H2,1-2H3,(H,29,30)(H,31,32). The highest BCUT2D eigenvalue weighted by Gasteiger charge is 2.22. The van der Waals surface area contributed by atoms with Crippen LogP contribution in [-0.2, 0) is 0 Å². The van der Waals surface area contributed by atoms with Crippen LogP contribution in [0.15, 0.2) is 59.8 Å². The molecule has 3 aromatic heterocycles. The van der Waals surface area contributed by atoms with Gasteiger partial charge in [-0.3, -0.25) is 9.78 Å². The summed E-state index contributed by atoms with van der Waals surface area (Å²) in [5.41, 5.74) is 4.39. The molecular weight excluding hydrogens is 436 g/mol. The molecule has 1 atom stereocenters. The van der Waals surface area contributed by atoms with E-state index in [0.29, 0.717) is 40.2 Å². The minimum atomic E-state index is -0.260. The SMILES string of the molecule is Cc1cnccc1-c1ccnc(NC(C)c2cc3cc(Cl)c(OCC4CC4)cc3[nH]c2=O)c1. The Morgan fingerprint density at radius 3 is 2.85 bits per heavy atom. The number of ether oxygens (including phenoxy) is 1. The van der Waals surface area contributed by atoms with Gasteiger partial charge in [-0.25, -0.2) is 4.98 Å². The maximum atomic E-state index is 12.9. The van der Waals surface area contributed by atoms with Crippen molar-refractivity contribution < 1.29 is 4.74 Å². The summed E-state index contributed by atoms with van der Waals surface area (Å²) in [6.07, 6.45) is 7.79. The number of halogens is 1. The van der Waals surface area contributed by atoms with E-state index in [4.69, 9.17) is 16.3 Å². The molecule has 168 valence electrons. The molecule has 2 N–H and O–H groups in total. The van der Waals surface area contributed by atoms with Gasteiger partial charge in [-0.2, -0.15) is 0 Å². The Balaban J connectivity index is 1.40. The normalized spacial score (nSPS) is 14.3. The van der Waals surface area contributed by atoms with Crippen molar-refractivity contribution in [2.75, 3.05) is 11.9 Å². The number of benzene rings is 1. The molecule has 6 nitrogen and oxygen atoms in total. The average Bonchev–Trinajstić information content (AvgIpc) is 3.62. The first-order valence-corrected chi connectivity index (χ1v) is 11.5. The van der Waals surface area contributed by atoms with E-state index in [2.05, 4.69) is 20.3 Å². The fourth-order valence-corrected chi connectivity index (χ4v) is 4.15. The van der Waals surface area contributed by atoms with Crippen molar-refractivity contribution in [3.63, 3.8) is 0 Å². The summed E-state index contributed by atoms with van der Waals surface area (Å²) < 4.78 is 5.84. The molecule has 0 spiro atoms. The first-order chi connectivity index (χ1) is 16.0. The number of aromatic amines is 1. The Morgan fingerprint density at radius 1 is 1.21 bits per heavy atom. The Labute approximate surface area is 197 Å². The topological polar surface area (TPSA) is 79.9 Å². The third kappa shape index (κ3) is 4.71. The number of nitrogens with one attached hydrogen (secondary N) is 2. The number of H-pyrrole nitrogens is 1. The van der Waals surface area contributed by atoms with Crippen LogP contribution >= 0.6 is 11.6 Å². The summed E-state index contributed by atoms with van der Waals surface area (Å²) in [5, 5.41) is 4.76. The van der Waals surface area contributed by atoms with Gasteiger partial charge < -0.3 is 15.0 Å². The molecule has 0 amide bonds. The molecule has 1 unspecified atom stereocenters. The minimum Gasteiger partial charge on any atom is -0.492 e. The Kier molecular flexibility index (Phi) is 5.77. The lowest BCUT2D eigenvalue weighted by atomic mass is 10.0. The lowest BCUT2D eigenvalue weighted by molar-refractivity contribution is 0.300. The molecule has 0 bridgehead atoms. The summed E-state index contributed by atoms with van der Waals surface area (Å²) in [6.45, 7) is 4.64. The number of anilines is 1.